The minimum atomic E-state index is -3.62. The van der Waals surface area contributed by atoms with E-state index in [0.29, 0.717) is 12.3 Å². The number of hydrogen-bond donors (Lipinski definition) is 1. The van der Waals surface area contributed by atoms with Crippen molar-refractivity contribution in [3.63, 3.8) is 0 Å². The van der Waals surface area contributed by atoms with Crippen molar-refractivity contribution in [2.24, 2.45) is 0 Å². The molecule has 2 aromatic carbocycles. The van der Waals surface area contributed by atoms with Crippen molar-refractivity contribution in [1.29, 1.82) is 0 Å². The third-order valence-corrected chi connectivity index (χ3v) is 6.91. The third-order valence-electron chi connectivity index (χ3n) is 5.52. The van der Waals surface area contributed by atoms with Gasteiger partial charge in [-0.1, -0.05) is 26.0 Å². The van der Waals surface area contributed by atoms with E-state index in [-0.39, 0.29) is 4.90 Å². The van der Waals surface area contributed by atoms with Gasteiger partial charge < -0.3 is 9.64 Å². The maximum Gasteiger partial charge on any atom is 0.261 e. The van der Waals surface area contributed by atoms with Crippen LogP contribution in [0.15, 0.2) is 53.4 Å². The number of anilines is 1. The first-order valence-corrected chi connectivity index (χ1v) is 12.3. The van der Waals surface area contributed by atoms with Crippen molar-refractivity contribution in [2.45, 2.75) is 38.1 Å². The fraction of sp³-hybridized carbons (Fsp3) is 0.478. The summed E-state index contributed by atoms with van der Waals surface area (Å²) >= 11 is 0. The van der Waals surface area contributed by atoms with E-state index >= 15 is 0 Å². The van der Waals surface area contributed by atoms with Crippen LogP contribution in [-0.4, -0.2) is 57.5 Å². The minimum absolute atomic E-state index is 0.271. The quantitative estimate of drug-likeness (QED) is 0.586. The molecule has 0 aliphatic carbocycles. The zero-order valence-electron chi connectivity index (χ0n) is 18.0. The van der Waals surface area contributed by atoms with E-state index < -0.39 is 10.0 Å². The van der Waals surface area contributed by atoms with Crippen LogP contribution in [0.2, 0.25) is 0 Å². The highest BCUT2D eigenvalue weighted by atomic mass is 32.2. The molecule has 1 heterocycles. The Morgan fingerprint density at radius 2 is 1.60 bits per heavy atom. The molecule has 2 aromatic rings. The molecule has 1 saturated heterocycles. The lowest BCUT2D eigenvalue weighted by atomic mass is 10.2. The molecule has 30 heavy (non-hydrogen) atoms. The van der Waals surface area contributed by atoms with Gasteiger partial charge in [-0.05, 0) is 81.0 Å². The Bertz CT molecular complexity index is 873. The van der Waals surface area contributed by atoms with Crippen LogP contribution in [0, 0.1) is 0 Å². The largest absolute Gasteiger partial charge is 0.492 e. The van der Waals surface area contributed by atoms with Gasteiger partial charge in [0.2, 0.25) is 0 Å². The highest BCUT2D eigenvalue weighted by Gasteiger charge is 2.16. The first kappa shape index (κ1) is 22.6. The standard InChI is InChI=1S/C23H33N3O3S/c1-3-25(4-2)17-18-29-22-11-9-21(10-12-22)24-30(27,28)23-13-7-20(8-14-23)19-26-15-5-6-16-26/h7-14,24H,3-6,15-19H2,1-2H3. The molecule has 3 rings (SSSR count). The summed E-state index contributed by atoms with van der Waals surface area (Å²) in [5.74, 6) is 0.733. The average molecular weight is 432 g/mol. The van der Waals surface area contributed by atoms with Crippen LogP contribution >= 0.6 is 0 Å². The Morgan fingerprint density at radius 3 is 2.20 bits per heavy atom. The van der Waals surface area contributed by atoms with E-state index in [1.807, 2.05) is 12.1 Å². The molecule has 164 valence electrons. The molecular weight excluding hydrogens is 398 g/mol. The number of hydrogen-bond acceptors (Lipinski definition) is 5. The summed E-state index contributed by atoms with van der Waals surface area (Å²) in [6, 6.07) is 14.2. The summed E-state index contributed by atoms with van der Waals surface area (Å²) in [4.78, 5) is 4.96. The SMILES string of the molecule is CCN(CC)CCOc1ccc(NS(=O)(=O)c2ccc(CN3CCCC3)cc2)cc1. The molecule has 0 unspecified atom stereocenters. The van der Waals surface area contributed by atoms with Crippen molar-refractivity contribution in [3.05, 3.63) is 54.1 Å². The van der Waals surface area contributed by atoms with Crippen molar-refractivity contribution >= 4 is 15.7 Å². The zero-order valence-corrected chi connectivity index (χ0v) is 18.8. The second-order valence-corrected chi connectivity index (χ2v) is 9.31. The van der Waals surface area contributed by atoms with Crippen LogP contribution in [0.3, 0.4) is 0 Å². The van der Waals surface area contributed by atoms with Crippen molar-refractivity contribution in [1.82, 2.24) is 9.80 Å². The lowest BCUT2D eigenvalue weighted by molar-refractivity contribution is 0.223. The molecule has 6 nitrogen and oxygen atoms in total. The highest BCUT2D eigenvalue weighted by Crippen LogP contribution is 2.21. The van der Waals surface area contributed by atoms with Gasteiger partial charge in [-0.2, -0.15) is 0 Å². The summed E-state index contributed by atoms with van der Waals surface area (Å²) in [5.41, 5.74) is 1.66. The van der Waals surface area contributed by atoms with E-state index in [9.17, 15) is 8.42 Å². The Morgan fingerprint density at radius 1 is 0.967 bits per heavy atom. The highest BCUT2D eigenvalue weighted by molar-refractivity contribution is 7.92. The number of ether oxygens (including phenoxy) is 1. The zero-order chi connectivity index (χ0) is 21.4. The molecule has 0 atom stereocenters. The predicted molar refractivity (Wildman–Crippen MR) is 121 cm³/mol. The van der Waals surface area contributed by atoms with Gasteiger partial charge in [-0.3, -0.25) is 9.62 Å². The maximum absolute atomic E-state index is 12.7. The lowest BCUT2D eigenvalue weighted by Crippen LogP contribution is -2.27. The molecule has 0 amide bonds. The van der Waals surface area contributed by atoms with Gasteiger partial charge in [0.15, 0.2) is 0 Å². The van der Waals surface area contributed by atoms with Crippen molar-refractivity contribution in [3.8, 4) is 5.75 Å². The number of sulfonamides is 1. The number of benzene rings is 2. The Kier molecular flexibility index (Phi) is 8.13. The van der Waals surface area contributed by atoms with E-state index in [0.717, 1.165) is 50.6 Å². The van der Waals surface area contributed by atoms with Gasteiger partial charge in [0.25, 0.3) is 10.0 Å². The fourth-order valence-corrected chi connectivity index (χ4v) is 4.70. The van der Waals surface area contributed by atoms with Crippen molar-refractivity contribution in [2.75, 3.05) is 44.1 Å². The smallest absolute Gasteiger partial charge is 0.261 e. The fourth-order valence-electron chi connectivity index (χ4n) is 3.64. The number of nitrogens with zero attached hydrogens (tertiary/aromatic N) is 2. The average Bonchev–Trinajstić information content (AvgIpc) is 3.26. The van der Waals surface area contributed by atoms with Crippen molar-refractivity contribution < 1.29 is 13.2 Å². The Hall–Kier alpha value is -2.09. The van der Waals surface area contributed by atoms with Gasteiger partial charge in [-0.25, -0.2) is 8.42 Å². The van der Waals surface area contributed by atoms with E-state index in [1.54, 1.807) is 36.4 Å². The Labute approximate surface area is 180 Å². The summed E-state index contributed by atoms with van der Waals surface area (Å²) in [6.07, 6.45) is 2.49. The molecule has 0 spiro atoms. The molecule has 1 aliphatic rings. The second-order valence-electron chi connectivity index (χ2n) is 7.63. The Balaban J connectivity index is 1.54. The van der Waals surface area contributed by atoms with Gasteiger partial charge in [0, 0.05) is 18.8 Å². The first-order chi connectivity index (χ1) is 14.5. The normalized spacial score (nSPS) is 14.9. The number of rotatable bonds is 11. The van der Waals surface area contributed by atoms with Crippen LogP contribution < -0.4 is 9.46 Å². The molecule has 0 bridgehead atoms. The minimum Gasteiger partial charge on any atom is -0.492 e. The third kappa shape index (κ3) is 6.45. The van der Waals surface area contributed by atoms with E-state index in [4.69, 9.17) is 4.74 Å². The summed E-state index contributed by atoms with van der Waals surface area (Å²) < 4.78 is 33.8. The molecule has 0 saturated carbocycles. The van der Waals surface area contributed by atoms with Gasteiger partial charge in [0.1, 0.15) is 12.4 Å². The molecular formula is C23H33N3O3S. The predicted octanol–water partition coefficient (Wildman–Crippen LogP) is 3.80. The maximum atomic E-state index is 12.7. The van der Waals surface area contributed by atoms with Crippen LogP contribution in [0.5, 0.6) is 5.75 Å². The van der Waals surface area contributed by atoms with Gasteiger partial charge in [0.05, 0.1) is 4.90 Å². The second kappa shape index (κ2) is 10.8. The molecule has 0 aromatic heterocycles. The number of nitrogens with one attached hydrogen (secondary N) is 1. The molecule has 1 N–H and O–H groups in total. The first-order valence-electron chi connectivity index (χ1n) is 10.8. The molecule has 0 radical (unpaired) electrons. The van der Waals surface area contributed by atoms with Gasteiger partial charge >= 0.3 is 0 Å². The van der Waals surface area contributed by atoms with Crippen LogP contribution in [-0.2, 0) is 16.6 Å². The molecule has 1 aliphatic heterocycles. The monoisotopic (exact) mass is 431 g/mol. The van der Waals surface area contributed by atoms with Crippen LogP contribution in [0.25, 0.3) is 0 Å². The lowest BCUT2D eigenvalue weighted by Gasteiger charge is -2.18. The molecule has 7 heteroatoms. The van der Waals surface area contributed by atoms with Crippen LogP contribution in [0.1, 0.15) is 32.3 Å². The summed E-state index contributed by atoms with van der Waals surface area (Å²) in [6.45, 7) is 10.9. The summed E-state index contributed by atoms with van der Waals surface area (Å²) in [7, 11) is -3.62. The van der Waals surface area contributed by atoms with E-state index in [1.165, 1.54) is 12.8 Å². The topological polar surface area (TPSA) is 61.9 Å². The summed E-state index contributed by atoms with van der Waals surface area (Å²) in [5, 5.41) is 0. The molecule has 1 fully saturated rings. The number of likely N-dealkylation sites (N-methyl/N-ethyl adjacent to an activating group) is 1. The number of likely N-dealkylation sites (tertiary alicyclic amines) is 1. The van der Waals surface area contributed by atoms with Crippen LogP contribution in [0.4, 0.5) is 5.69 Å². The van der Waals surface area contributed by atoms with Gasteiger partial charge in [-0.15, -0.1) is 0 Å². The van der Waals surface area contributed by atoms with E-state index in [2.05, 4.69) is 28.4 Å².